The highest BCUT2D eigenvalue weighted by Crippen LogP contribution is 2.19. The van der Waals surface area contributed by atoms with E-state index in [1.807, 2.05) is 6.92 Å². The van der Waals surface area contributed by atoms with Gasteiger partial charge in [-0.3, -0.25) is 0 Å². The first-order chi connectivity index (χ1) is 10.6. The van der Waals surface area contributed by atoms with Gasteiger partial charge in [-0.05, 0) is 61.3 Å². The van der Waals surface area contributed by atoms with Gasteiger partial charge >= 0.3 is 0 Å². The van der Waals surface area contributed by atoms with Crippen LogP contribution in [0.1, 0.15) is 55.4 Å². The standard InChI is InChI=1S/C19H24.C3H6/c1-4-15(2)19-13-10-17(11-14-19)9-12-18-8-6-5-7-16(18)3;1-3-2/h5-8,10-11,13-15H,4,9,12H2,1-3H3;3H,1H2,2H3. The van der Waals surface area contributed by atoms with E-state index in [2.05, 4.69) is 75.9 Å². The van der Waals surface area contributed by atoms with Gasteiger partial charge in [-0.1, -0.05) is 68.5 Å². The average Bonchev–Trinajstić information content (AvgIpc) is 2.54. The minimum absolute atomic E-state index is 0.672. The fraction of sp³-hybridized carbons (Fsp3) is 0.364. The van der Waals surface area contributed by atoms with E-state index in [9.17, 15) is 0 Å². The SMILES string of the molecule is C=CC.CCC(C)c1ccc(CCc2ccccc2C)cc1. The molecule has 0 spiro atoms. The summed E-state index contributed by atoms with van der Waals surface area (Å²) >= 11 is 0. The molecule has 2 aromatic rings. The van der Waals surface area contributed by atoms with Gasteiger partial charge < -0.3 is 0 Å². The molecule has 0 aliphatic heterocycles. The van der Waals surface area contributed by atoms with Crippen molar-refractivity contribution in [2.24, 2.45) is 0 Å². The van der Waals surface area contributed by atoms with Crippen LogP contribution in [0, 0.1) is 6.92 Å². The molecule has 0 aromatic heterocycles. The second-order valence-corrected chi connectivity index (χ2v) is 5.89. The maximum Gasteiger partial charge on any atom is -0.0193 e. The number of hydrogen-bond acceptors (Lipinski definition) is 0. The summed E-state index contributed by atoms with van der Waals surface area (Å²) in [5.41, 5.74) is 5.77. The van der Waals surface area contributed by atoms with Crippen molar-refractivity contribution in [1.82, 2.24) is 0 Å². The van der Waals surface area contributed by atoms with Gasteiger partial charge in [-0.15, -0.1) is 6.58 Å². The van der Waals surface area contributed by atoms with E-state index in [0.717, 1.165) is 12.8 Å². The lowest BCUT2D eigenvalue weighted by molar-refractivity contribution is 0.733. The highest BCUT2D eigenvalue weighted by atomic mass is 14.1. The molecule has 1 unspecified atom stereocenters. The molecule has 2 rings (SSSR count). The van der Waals surface area contributed by atoms with Crippen LogP contribution in [0.4, 0.5) is 0 Å². The molecular formula is C22H30. The number of rotatable bonds is 5. The van der Waals surface area contributed by atoms with Crippen molar-refractivity contribution in [2.75, 3.05) is 0 Å². The monoisotopic (exact) mass is 294 g/mol. The fourth-order valence-corrected chi connectivity index (χ4v) is 2.42. The molecule has 0 fully saturated rings. The molecule has 0 N–H and O–H groups in total. The largest absolute Gasteiger partial charge is 0.103 e. The lowest BCUT2D eigenvalue weighted by atomic mass is 9.95. The van der Waals surface area contributed by atoms with Gasteiger partial charge in [0.25, 0.3) is 0 Å². The van der Waals surface area contributed by atoms with Crippen molar-refractivity contribution in [1.29, 1.82) is 0 Å². The van der Waals surface area contributed by atoms with Gasteiger partial charge in [0.1, 0.15) is 0 Å². The Morgan fingerprint density at radius 1 is 1.00 bits per heavy atom. The molecule has 0 bridgehead atoms. The van der Waals surface area contributed by atoms with E-state index in [0.29, 0.717) is 5.92 Å². The van der Waals surface area contributed by atoms with Crippen LogP contribution in [0.3, 0.4) is 0 Å². The van der Waals surface area contributed by atoms with Crippen LogP contribution in [0.15, 0.2) is 61.2 Å². The van der Waals surface area contributed by atoms with Gasteiger partial charge in [0.05, 0.1) is 0 Å². The van der Waals surface area contributed by atoms with E-state index in [4.69, 9.17) is 0 Å². The average molecular weight is 294 g/mol. The quantitative estimate of drug-likeness (QED) is 0.553. The summed E-state index contributed by atoms with van der Waals surface area (Å²) in [6.07, 6.45) is 5.23. The topological polar surface area (TPSA) is 0 Å². The Morgan fingerprint density at radius 3 is 2.14 bits per heavy atom. The molecule has 0 amide bonds. The van der Waals surface area contributed by atoms with Crippen LogP contribution in [-0.2, 0) is 12.8 Å². The van der Waals surface area contributed by atoms with Crippen molar-refractivity contribution in [3.8, 4) is 0 Å². The van der Waals surface area contributed by atoms with Gasteiger partial charge in [-0.2, -0.15) is 0 Å². The van der Waals surface area contributed by atoms with Gasteiger partial charge in [-0.25, -0.2) is 0 Å². The maximum absolute atomic E-state index is 3.36. The molecule has 0 heteroatoms. The van der Waals surface area contributed by atoms with Crippen molar-refractivity contribution in [3.63, 3.8) is 0 Å². The number of benzene rings is 2. The first-order valence-corrected chi connectivity index (χ1v) is 8.32. The molecule has 0 aliphatic rings. The van der Waals surface area contributed by atoms with Crippen LogP contribution in [-0.4, -0.2) is 0 Å². The molecule has 118 valence electrons. The summed E-state index contributed by atoms with van der Waals surface area (Å²) in [4.78, 5) is 0. The predicted molar refractivity (Wildman–Crippen MR) is 99.6 cm³/mol. The molecule has 22 heavy (non-hydrogen) atoms. The summed E-state index contributed by atoms with van der Waals surface area (Å²) < 4.78 is 0. The molecule has 0 saturated heterocycles. The van der Waals surface area contributed by atoms with E-state index in [1.54, 1.807) is 6.08 Å². The second kappa shape index (κ2) is 10.00. The number of aryl methyl sites for hydroxylation is 3. The summed E-state index contributed by atoms with van der Waals surface area (Å²) in [6, 6.07) is 17.8. The normalized spacial score (nSPS) is 11.3. The highest BCUT2D eigenvalue weighted by molar-refractivity contribution is 5.29. The van der Waals surface area contributed by atoms with Crippen molar-refractivity contribution >= 4 is 0 Å². The fourth-order valence-electron chi connectivity index (χ4n) is 2.42. The number of allylic oxidation sites excluding steroid dienone is 1. The van der Waals surface area contributed by atoms with Gasteiger partial charge in [0.2, 0.25) is 0 Å². The number of hydrogen-bond donors (Lipinski definition) is 0. The van der Waals surface area contributed by atoms with Crippen molar-refractivity contribution < 1.29 is 0 Å². The predicted octanol–water partition coefficient (Wildman–Crippen LogP) is 6.49. The summed E-state index contributed by atoms with van der Waals surface area (Å²) in [6.45, 7) is 12.0. The Hall–Kier alpha value is -1.82. The van der Waals surface area contributed by atoms with Crippen LogP contribution >= 0.6 is 0 Å². The zero-order valence-electron chi connectivity index (χ0n) is 14.6. The second-order valence-electron chi connectivity index (χ2n) is 5.89. The van der Waals surface area contributed by atoms with Crippen LogP contribution in [0.5, 0.6) is 0 Å². The zero-order valence-corrected chi connectivity index (χ0v) is 14.6. The van der Waals surface area contributed by atoms with Crippen molar-refractivity contribution in [3.05, 3.63) is 83.4 Å². The molecule has 0 aliphatic carbocycles. The Morgan fingerprint density at radius 2 is 1.59 bits per heavy atom. The smallest absolute Gasteiger partial charge is 0.0193 e. The Kier molecular flexibility index (Phi) is 8.28. The molecule has 0 heterocycles. The lowest BCUT2D eigenvalue weighted by Crippen LogP contribution is -1.95. The third-order valence-electron chi connectivity index (χ3n) is 4.11. The first-order valence-electron chi connectivity index (χ1n) is 8.32. The zero-order chi connectivity index (χ0) is 16.4. The molecular weight excluding hydrogens is 264 g/mol. The third-order valence-corrected chi connectivity index (χ3v) is 4.11. The van der Waals surface area contributed by atoms with E-state index in [1.165, 1.54) is 28.7 Å². The van der Waals surface area contributed by atoms with E-state index in [-0.39, 0.29) is 0 Å². The lowest BCUT2D eigenvalue weighted by Gasteiger charge is -2.10. The van der Waals surface area contributed by atoms with E-state index >= 15 is 0 Å². The van der Waals surface area contributed by atoms with Crippen LogP contribution < -0.4 is 0 Å². The van der Waals surface area contributed by atoms with Gasteiger partial charge in [0.15, 0.2) is 0 Å². The molecule has 0 radical (unpaired) electrons. The van der Waals surface area contributed by atoms with Crippen LogP contribution in [0.25, 0.3) is 0 Å². The van der Waals surface area contributed by atoms with E-state index < -0.39 is 0 Å². The highest BCUT2D eigenvalue weighted by Gasteiger charge is 2.03. The summed E-state index contributed by atoms with van der Waals surface area (Å²) in [7, 11) is 0. The van der Waals surface area contributed by atoms with Gasteiger partial charge in [0, 0.05) is 0 Å². The molecule has 0 nitrogen and oxygen atoms in total. The molecule has 1 atom stereocenters. The first kappa shape index (κ1) is 18.2. The maximum atomic E-state index is 3.36. The Bertz CT molecular complexity index is 549. The minimum atomic E-state index is 0.672. The Balaban J connectivity index is 0.000000745. The third kappa shape index (κ3) is 5.89. The summed E-state index contributed by atoms with van der Waals surface area (Å²) in [5, 5.41) is 0. The van der Waals surface area contributed by atoms with Crippen LogP contribution in [0.2, 0.25) is 0 Å². The molecule has 2 aromatic carbocycles. The summed E-state index contributed by atoms with van der Waals surface area (Å²) in [5.74, 6) is 0.672. The molecule has 0 saturated carbocycles. The van der Waals surface area contributed by atoms with Crippen molar-refractivity contribution in [2.45, 2.75) is 52.9 Å². The minimum Gasteiger partial charge on any atom is -0.103 e. The Labute approximate surface area is 136 Å².